The maximum atomic E-state index is 13.0. The number of Topliss-reactive ketones (excluding diaryl/α,β-unsaturated/α-hetero) is 1. The van der Waals surface area contributed by atoms with Gasteiger partial charge >= 0.3 is 0 Å². The molecule has 2 aromatic carbocycles. The molecule has 7 N–H and O–H groups in total. The smallest absolute Gasteiger partial charge is 0.186 e. The summed E-state index contributed by atoms with van der Waals surface area (Å²) in [6.07, 6.45) is 9.13. The maximum Gasteiger partial charge on any atom is 0.186 e. The van der Waals surface area contributed by atoms with Crippen LogP contribution in [-0.2, 0) is 23.4 Å². The largest absolute Gasteiger partial charge is 0.504 e. The molecule has 0 saturated carbocycles. The Bertz CT molecular complexity index is 1930. The van der Waals surface area contributed by atoms with Crippen molar-refractivity contribution in [3.63, 3.8) is 0 Å². The number of nitrogens with two attached hydrogens (primary N) is 1. The van der Waals surface area contributed by atoms with Gasteiger partial charge in [0.1, 0.15) is 11.9 Å². The number of aromatic nitrogens is 2. The van der Waals surface area contributed by atoms with Gasteiger partial charge in [0, 0.05) is 72.8 Å². The number of phenolic OH excluding ortho intramolecular Hbond substituents is 1. The number of unbranched alkanes of at least 4 members (excludes halogenated alkanes) is 2. The first-order valence-electron chi connectivity index (χ1n) is 17.7. The summed E-state index contributed by atoms with van der Waals surface area (Å²) in [5, 5.41) is 37.8. The highest BCUT2D eigenvalue weighted by Gasteiger charge is 2.31. The molecule has 50 heavy (non-hydrogen) atoms. The molecular weight excluding hydrogens is 669 g/mol. The van der Waals surface area contributed by atoms with Crippen molar-refractivity contribution in [1.29, 1.82) is 0 Å². The van der Waals surface area contributed by atoms with Gasteiger partial charge in [-0.15, -0.1) is 0 Å². The maximum absolute atomic E-state index is 13.0. The van der Waals surface area contributed by atoms with E-state index in [4.69, 9.17) is 10.5 Å². The fourth-order valence-corrected chi connectivity index (χ4v) is 10.0. The third-order valence-corrected chi connectivity index (χ3v) is 12.7. The number of hydrogen-bond donors (Lipinski definition) is 6. The Hall–Kier alpha value is -3.37. The number of carbonyl (C=O) groups is 1. The van der Waals surface area contributed by atoms with Crippen molar-refractivity contribution in [2.45, 2.75) is 101 Å². The van der Waals surface area contributed by atoms with Gasteiger partial charge in [0.15, 0.2) is 17.7 Å². The summed E-state index contributed by atoms with van der Waals surface area (Å²) < 4.78 is 8.73. The lowest BCUT2D eigenvalue weighted by atomic mass is 9.81. The second-order valence-corrected chi connectivity index (χ2v) is 16.2. The Morgan fingerprint density at radius 3 is 2.88 bits per heavy atom. The monoisotopic (exact) mass is 714 g/mol. The Kier molecular flexibility index (Phi) is 10.9. The predicted molar refractivity (Wildman–Crippen MR) is 200 cm³/mol. The molecule has 0 unspecified atom stereocenters. The number of rotatable bonds is 9. The van der Waals surface area contributed by atoms with Crippen molar-refractivity contribution in [3.8, 4) is 23.3 Å². The predicted octanol–water partition coefficient (Wildman–Crippen LogP) is 6.66. The number of phenols is 1. The van der Waals surface area contributed by atoms with Crippen LogP contribution in [0.4, 0.5) is 0 Å². The second kappa shape index (κ2) is 15.5. The standard InChI is InChI=1S/C39H46N4O5S2/c1-2-3-4-6-26(44)16-27(45)11-9-23-10-14-35(47)38-32(23)22-50-49-21-25-18-42-39(40)29-13-12-28-30(37(25)29)15-24-17-41-33-20-43(19-31(24)33)36(48-38)8-5-7-34(28)46/h10,12-14,17,19-20,25-26,34,36,39,41-42,44,46-47H,2-4,6,8-9,11,15-16,18,21-22,40H2,1H3/t25-,26+,34-,36-,39+/m0/s1. The molecule has 0 radical (unpaired) electrons. The molecule has 0 saturated heterocycles. The second-order valence-electron chi connectivity index (χ2n) is 13.7. The third kappa shape index (κ3) is 7.33. The molecule has 2 aromatic heterocycles. The van der Waals surface area contributed by atoms with Crippen LogP contribution in [0.15, 0.2) is 42.9 Å². The Balaban J connectivity index is 1.28. The van der Waals surface area contributed by atoms with Gasteiger partial charge in [-0.05, 0) is 52.3 Å². The molecule has 0 fully saturated rings. The minimum absolute atomic E-state index is 0.0281. The van der Waals surface area contributed by atoms with Crippen LogP contribution in [0.1, 0.15) is 115 Å². The number of benzene rings is 2. The third-order valence-electron chi connectivity index (χ3n) is 10.3. The number of hydrogen-bond acceptors (Lipinski definition) is 9. The molecule has 8 rings (SSSR count). The molecule has 4 aromatic rings. The van der Waals surface area contributed by atoms with E-state index in [-0.39, 0.29) is 36.5 Å². The van der Waals surface area contributed by atoms with Gasteiger partial charge in [-0.2, -0.15) is 0 Å². The lowest BCUT2D eigenvalue weighted by Crippen LogP contribution is -2.39. The summed E-state index contributed by atoms with van der Waals surface area (Å²) in [4.78, 5) is 16.4. The zero-order valence-electron chi connectivity index (χ0n) is 28.4. The van der Waals surface area contributed by atoms with E-state index in [1.807, 2.05) is 35.2 Å². The number of nitrogens with zero attached hydrogens (tertiary/aromatic N) is 1. The summed E-state index contributed by atoms with van der Waals surface area (Å²) in [5.41, 5.74) is 14.6. The minimum Gasteiger partial charge on any atom is -0.504 e. The molecule has 9 nitrogen and oxygen atoms in total. The number of aryl methyl sites for hydroxylation is 1. The Labute approximate surface area is 301 Å². The summed E-state index contributed by atoms with van der Waals surface area (Å²) in [5.74, 6) is 8.26. The molecule has 264 valence electrons. The van der Waals surface area contributed by atoms with E-state index in [1.54, 1.807) is 27.7 Å². The average Bonchev–Trinajstić information content (AvgIpc) is 3.68. The fourth-order valence-electron chi connectivity index (χ4n) is 7.57. The Morgan fingerprint density at radius 1 is 1.16 bits per heavy atom. The van der Waals surface area contributed by atoms with E-state index >= 15 is 0 Å². The van der Waals surface area contributed by atoms with E-state index in [1.165, 1.54) is 5.56 Å². The van der Waals surface area contributed by atoms with Gasteiger partial charge in [0.25, 0.3) is 0 Å². The highest BCUT2D eigenvalue weighted by molar-refractivity contribution is 8.76. The van der Waals surface area contributed by atoms with Crippen molar-refractivity contribution in [2.75, 3.05) is 12.3 Å². The van der Waals surface area contributed by atoms with Crippen LogP contribution in [0, 0.1) is 11.8 Å². The first kappa shape index (κ1) is 35.1. The van der Waals surface area contributed by atoms with E-state index in [9.17, 15) is 20.1 Å². The average molecular weight is 715 g/mol. The number of H-pyrrole nitrogens is 1. The summed E-state index contributed by atoms with van der Waals surface area (Å²) in [7, 11) is 3.46. The number of ketones is 1. The van der Waals surface area contributed by atoms with Gasteiger partial charge < -0.3 is 35.3 Å². The molecule has 0 amide bonds. The molecule has 0 aliphatic carbocycles. The van der Waals surface area contributed by atoms with Crippen molar-refractivity contribution in [3.05, 3.63) is 81.8 Å². The van der Waals surface area contributed by atoms with E-state index in [0.29, 0.717) is 43.7 Å². The normalized spacial score (nSPS) is 22.2. The molecule has 6 bridgehead atoms. The van der Waals surface area contributed by atoms with E-state index in [2.05, 4.69) is 35.3 Å². The topological polar surface area (TPSA) is 146 Å². The zero-order valence-corrected chi connectivity index (χ0v) is 30.0. The van der Waals surface area contributed by atoms with Gasteiger partial charge in [-0.25, -0.2) is 0 Å². The molecule has 11 heteroatoms. The van der Waals surface area contributed by atoms with Crippen LogP contribution in [0.25, 0.3) is 10.9 Å². The van der Waals surface area contributed by atoms with E-state index in [0.717, 1.165) is 69.3 Å². The number of fused-ring (bicyclic) bond motifs is 5. The Morgan fingerprint density at radius 2 is 2.02 bits per heavy atom. The van der Waals surface area contributed by atoms with Gasteiger partial charge in [-0.1, -0.05) is 77.8 Å². The first-order valence-corrected chi connectivity index (χ1v) is 20.2. The van der Waals surface area contributed by atoms with Crippen LogP contribution in [0.2, 0.25) is 0 Å². The summed E-state index contributed by atoms with van der Waals surface area (Å²) >= 11 is 0. The minimum atomic E-state index is -0.990. The highest BCUT2D eigenvalue weighted by atomic mass is 33.1. The molecule has 5 atom stereocenters. The molecule has 4 aliphatic rings. The van der Waals surface area contributed by atoms with Crippen molar-refractivity contribution < 1.29 is 24.9 Å². The van der Waals surface area contributed by atoms with E-state index < -0.39 is 18.4 Å². The number of aromatic amines is 1. The van der Waals surface area contributed by atoms with Gasteiger partial charge in [0.05, 0.1) is 24.2 Å². The lowest BCUT2D eigenvalue weighted by Gasteiger charge is -2.34. The molecule has 0 spiro atoms. The van der Waals surface area contributed by atoms with Crippen LogP contribution in [0.3, 0.4) is 0 Å². The SMILES string of the molecule is CCCCC[C@@H](O)CC(=O)CCc1ccc(O)c2c1CSSC[C@@H]1CN[C@@H](N)c3ccc4c(c31)Cc1c[nH]c3cn(cc13)[C@H](CC#C[C@@H]4O)O2. The highest BCUT2D eigenvalue weighted by Crippen LogP contribution is 2.44. The summed E-state index contributed by atoms with van der Waals surface area (Å²) in [6.45, 7) is 2.83. The van der Waals surface area contributed by atoms with Crippen LogP contribution >= 0.6 is 21.6 Å². The van der Waals surface area contributed by atoms with Crippen molar-refractivity contribution in [1.82, 2.24) is 14.9 Å². The number of aliphatic hydroxyl groups is 2. The molecular formula is C39H46N4O5S2. The van der Waals surface area contributed by atoms with Crippen molar-refractivity contribution in [2.24, 2.45) is 5.73 Å². The molecule has 6 heterocycles. The van der Waals surface area contributed by atoms with Crippen LogP contribution in [-0.4, -0.2) is 49.1 Å². The number of nitrogens with one attached hydrogen (secondary N) is 2. The number of aromatic hydroxyl groups is 1. The van der Waals surface area contributed by atoms with Crippen LogP contribution in [0.5, 0.6) is 11.5 Å². The van der Waals surface area contributed by atoms with Gasteiger partial charge in [-0.3, -0.25) is 10.1 Å². The number of carbonyl (C=O) groups excluding carboxylic acids is 1. The first-order chi connectivity index (χ1) is 24.3. The quantitative estimate of drug-likeness (QED) is 0.0637. The molecule has 4 aliphatic heterocycles. The van der Waals surface area contributed by atoms with Crippen LogP contribution < -0.4 is 15.8 Å². The zero-order chi connectivity index (χ0) is 34.8. The summed E-state index contributed by atoms with van der Waals surface area (Å²) in [6, 6.07) is 7.55. The van der Waals surface area contributed by atoms with Crippen molar-refractivity contribution >= 4 is 38.3 Å². The fraction of sp³-hybridized carbons (Fsp3) is 0.462. The number of aliphatic hydroxyl groups excluding tert-OH is 2. The van der Waals surface area contributed by atoms with Gasteiger partial charge in [0.2, 0.25) is 0 Å². The number of ether oxygens (including phenoxy) is 1. The lowest BCUT2D eigenvalue weighted by molar-refractivity contribution is -0.121.